The van der Waals surface area contributed by atoms with E-state index in [9.17, 15) is 10.1 Å². The van der Waals surface area contributed by atoms with E-state index >= 15 is 0 Å². The monoisotopic (exact) mass is 301 g/mol. The van der Waals surface area contributed by atoms with Gasteiger partial charge in [-0.1, -0.05) is 6.42 Å². The number of hydrogen-bond acceptors (Lipinski definition) is 5. The number of hydroxylamine groups is 2. The number of furan rings is 2. The van der Waals surface area contributed by atoms with E-state index in [4.69, 9.17) is 8.83 Å². The Bertz CT molecular complexity index is 703. The molecule has 0 amide bonds. The zero-order valence-corrected chi connectivity index (χ0v) is 12.0. The first-order valence-corrected chi connectivity index (χ1v) is 7.54. The van der Waals surface area contributed by atoms with E-state index in [-0.39, 0.29) is 12.1 Å². The lowest BCUT2D eigenvalue weighted by atomic mass is 9.87. The zero-order chi connectivity index (χ0) is 15.1. The van der Waals surface area contributed by atoms with Gasteiger partial charge in [0.1, 0.15) is 6.04 Å². The van der Waals surface area contributed by atoms with Gasteiger partial charge in [0.2, 0.25) is 11.8 Å². The highest BCUT2D eigenvalue weighted by Crippen LogP contribution is 2.41. The summed E-state index contributed by atoms with van der Waals surface area (Å²) in [7, 11) is 0. The molecule has 0 bridgehead atoms. The van der Waals surface area contributed by atoms with Crippen LogP contribution in [0.2, 0.25) is 0 Å². The van der Waals surface area contributed by atoms with Gasteiger partial charge in [0.05, 0.1) is 12.5 Å². The average Bonchev–Trinajstić information content (AvgIpc) is 3.23. The van der Waals surface area contributed by atoms with E-state index in [1.165, 1.54) is 17.6 Å². The second kappa shape index (κ2) is 5.14. The Morgan fingerprint density at radius 3 is 2.45 bits per heavy atom. The van der Waals surface area contributed by atoms with Crippen LogP contribution in [-0.4, -0.2) is 27.1 Å². The molecule has 1 aliphatic carbocycles. The highest BCUT2D eigenvalue weighted by molar-refractivity contribution is 5.82. The molecule has 0 saturated heterocycles. The van der Waals surface area contributed by atoms with Crippen molar-refractivity contribution in [3.8, 4) is 0 Å². The van der Waals surface area contributed by atoms with E-state index in [1.807, 2.05) is 0 Å². The van der Waals surface area contributed by atoms with E-state index < -0.39 is 0 Å². The standard InChI is InChI=1S/C16H17N2O4/c19-17-11-5-1-2-6-12(11)18(20)16(14-8-4-10-22-14)15(17)13-7-3-9-21-13/h3-4,7-12,19H,1-2,5-6H2/q+1/t11-,12+/m0/s1. The Morgan fingerprint density at radius 2 is 1.77 bits per heavy atom. The summed E-state index contributed by atoms with van der Waals surface area (Å²) in [4.78, 5) is 12.9. The molecule has 0 spiro atoms. The number of fused-ring (bicyclic) bond motifs is 1. The normalized spacial score (nSPS) is 25.5. The van der Waals surface area contributed by atoms with Crippen LogP contribution in [0.5, 0.6) is 0 Å². The van der Waals surface area contributed by atoms with Crippen LogP contribution in [0.3, 0.4) is 0 Å². The van der Waals surface area contributed by atoms with Crippen molar-refractivity contribution in [2.24, 2.45) is 0 Å². The van der Waals surface area contributed by atoms with Gasteiger partial charge in [-0.3, -0.25) is 5.21 Å². The fourth-order valence-electron chi connectivity index (χ4n) is 3.48. The largest absolute Gasteiger partial charge is 0.462 e. The fourth-order valence-corrected chi connectivity index (χ4v) is 3.48. The quantitative estimate of drug-likeness (QED) is 0.860. The Balaban J connectivity index is 1.92. The highest BCUT2D eigenvalue weighted by Gasteiger charge is 2.51. The van der Waals surface area contributed by atoms with E-state index in [2.05, 4.69) is 0 Å². The third-order valence-corrected chi connectivity index (χ3v) is 4.49. The number of hydrogen-bond donors (Lipinski definition) is 1. The summed E-state index contributed by atoms with van der Waals surface area (Å²) in [6, 6.07) is 6.43. The van der Waals surface area contributed by atoms with Gasteiger partial charge in [0.15, 0.2) is 11.5 Å². The Morgan fingerprint density at radius 1 is 1.09 bits per heavy atom. The molecule has 0 unspecified atom stereocenters. The maximum atomic E-state index is 12.9. The molecule has 22 heavy (non-hydrogen) atoms. The first kappa shape index (κ1) is 13.3. The number of nitrogens with zero attached hydrogens (tertiary/aromatic N) is 2. The van der Waals surface area contributed by atoms with Crippen LogP contribution in [0.15, 0.2) is 45.6 Å². The molecule has 2 aromatic rings. The van der Waals surface area contributed by atoms with Crippen molar-refractivity contribution in [2.75, 3.05) is 0 Å². The van der Waals surface area contributed by atoms with Gasteiger partial charge < -0.3 is 8.83 Å². The van der Waals surface area contributed by atoms with Gasteiger partial charge in [0.25, 0.3) is 0 Å². The molecule has 2 aliphatic rings. The van der Waals surface area contributed by atoms with Crippen molar-refractivity contribution in [2.45, 2.75) is 37.8 Å². The molecule has 3 heterocycles. The highest BCUT2D eigenvalue weighted by atomic mass is 16.5. The second-order valence-electron chi connectivity index (χ2n) is 5.74. The topological polar surface area (TPSA) is 69.8 Å². The Kier molecular flexibility index (Phi) is 3.11. The maximum Gasteiger partial charge on any atom is 0.327 e. The van der Waals surface area contributed by atoms with Crippen LogP contribution in [0.4, 0.5) is 0 Å². The minimum Gasteiger partial charge on any atom is -0.462 e. The summed E-state index contributed by atoms with van der Waals surface area (Å²) in [5, 5.41) is 11.9. The fraction of sp³-hybridized carbons (Fsp3) is 0.375. The van der Waals surface area contributed by atoms with Crippen molar-refractivity contribution in [3.05, 3.63) is 53.2 Å². The van der Waals surface area contributed by atoms with E-state index in [0.29, 0.717) is 22.9 Å². The molecule has 1 N–H and O–H groups in total. The van der Waals surface area contributed by atoms with Crippen LogP contribution in [0.1, 0.15) is 37.2 Å². The van der Waals surface area contributed by atoms with Gasteiger partial charge in [-0.05, 0) is 37.1 Å². The van der Waals surface area contributed by atoms with Crippen molar-refractivity contribution in [1.29, 1.82) is 0 Å². The van der Waals surface area contributed by atoms with Crippen LogP contribution in [0.25, 0.3) is 11.4 Å². The molecule has 4 rings (SSSR count). The SMILES string of the molecule is O=[N+]1C(c2ccco2)=C(c2ccco2)N(O)[C@H]2CCCC[C@H]21. The Hall–Kier alpha value is -2.34. The Labute approximate surface area is 127 Å². The summed E-state index contributed by atoms with van der Waals surface area (Å²) in [6.07, 6.45) is 6.60. The molecule has 114 valence electrons. The smallest absolute Gasteiger partial charge is 0.327 e. The molecular formula is C16H17N2O4+. The molecule has 1 aliphatic heterocycles. The number of nitroso groups, excluding NO2 is 1. The van der Waals surface area contributed by atoms with Crippen LogP contribution < -0.4 is 0 Å². The molecular weight excluding hydrogens is 284 g/mol. The van der Waals surface area contributed by atoms with Gasteiger partial charge in [-0.25, -0.2) is 5.06 Å². The predicted octanol–water partition coefficient (Wildman–Crippen LogP) is 3.49. The van der Waals surface area contributed by atoms with Gasteiger partial charge >= 0.3 is 5.70 Å². The van der Waals surface area contributed by atoms with Crippen molar-refractivity contribution < 1.29 is 18.8 Å². The third kappa shape index (κ3) is 1.91. The number of rotatable bonds is 2. The van der Waals surface area contributed by atoms with Crippen LogP contribution in [-0.2, 0) is 0 Å². The average molecular weight is 301 g/mol. The molecule has 1 saturated carbocycles. The van der Waals surface area contributed by atoms with Crippen LogP contribution in [0, 0.1) is 4.91 Å². The lowest BCUT2D eigenvalue weighted by Gasteiger charge is -2.36. The molecule has 0 radical (unpaired) electrons. The predicted molar refractivity (Wildman–Crippen MR) is 77.5 cm³/mol. The first-order chi connectivity index (χ1) is 10.8. The van der Waals surface area contributed by atoms with E-state index in [0.717, 1.165) is 30.4 Å². The van der Waals surface area contributed by atoms with Gasteiger partial charge in [0, 0.05) is 16.1 Å². The van der Waals surface area contributed by atoms with Gasteiger partial charge in [-0.15, -0.1) is 0 Å². The zero-order valence-electron chi connectivity index (χ0n) is 12.0. The molecule has 6 heteroatoms. The maximum absolute atomic E-state index is 12.9. The molecule has 0 aromatic carbocycles. The summed E-state index contributed by atoms with van der Waals surface area (Å²) in [5.41, 5.74) is 0.698. The van der Waals surface area contributed by atoms with Crippen LogP contribution >= 0.6 is 0 Å². The second-order valence-corrected chi connectivity index (χ2v) is 5.74. The van der Waals surface area contributed by atoms with Gasteiger partial charge in [-0.2, -0.15) is 0 Å². The first-order valence-electron chi connectivity index (χ1n) is 7.54. The van der Waals surface area contributed by atoms with Crippen molar-refractivity contribution in [3.63, 3.8) is 0 Å². The molecule has 2 atom stereocenters. The summed E-state index contributed by atoms with van der Waals surface area (Å²) in [6.45, 7) is 0. The van der Waals surface area contributed by atoms with Crippen molar-refractivity contribution >= 4 is 11.4 Å². The molecule has 1 fully saturated rings. The summed E-state index contributed by atoms with van der Waals surface area (Å²) >= 11 is 0. The minimum absolute atomic E-state index is 0.218. The summed E-state index contributed by atoms with van der Waals surface area (Å²) in [5.74, 6) is 0.892. The molecule has 6 nitrogen and oxygen atoms in total. The lowest BCUT2D eigenvalue weighted by molar-refractivity contribution is -0.522. The lowest BCUT2D eigenvalue weighted by Crippen LogP contribution is -2.51. The molecule has 2 aromatic heterocycles. The van der Waals surface area contributed by atoms with E-state index in [1.54, 1.807) is 24.3 Å². The third-order valence-electron chi connectivity index (χ3n) is 4.49. The van der Waals surface area contributed by atoms with Crippen molar-refractivity contribution in [1.82, 2.24) is 5.06 Å². The summed E-state index contributed by atoms with van der Waals surface area (Å²) < 4.78 is 11.8. The minimum atomic E-state index is -0.266.